The van der Waals surface area contributed by atoms with Crippen molar-refractivity contribution in [3.8, 4) is 0 Å². The number of benzene rings is 1. The Morgan fingerprint density at radius 1 is 0.879 bits per heavy atom. The number of nitrogens with zero attached hydrogens (tertiary/aromatic N) is 2. The summed E-state index contributed by atoms with van der Waals surface area (Å²) in [6.45, 7) is 4.89. The van der Waals surface area contributed by atoms with Gasteiger partial charge in [0.15, 0.2) is 0 Å². The molecule has 4 aliphatic rings. The molecule has 1 aromatic rings. The molecule has 2 N–H and O–H groups in total. The Morgan fingerprint density at radius 3 is 2.45 bits per heavy atom. The van der Waals surface area contributed by atoms with Gasteiger partial charge in [0.05, 0.1) is 11.1 Å². The molecule has 1 aromatic carbocycles. The standard InChI is InChI=1S/C25H32N4O4/c30-21-7-6-20(23(31)27-21)29-24(32)19-5-1-3-18(22(19)25(29)33)15-28-13-9-17(10-14-28)16-4-2-11-26-12-8-16/h1,3,5,16-17,20,26H,2,4,6-15H2,(H,27,30,31). The first-order chi connectivity index (χ1) is 16.0. The average Bonchev–Trinajstić information content (AvgIpc) is 2.98. The number of piperidine rings is 2. The maximum atomic E-state index is 13.3. The van der Waals surface area contributed by atoms with Crippen LogP contribution in [0.4, 0.5) is 0 Å². The van der Waals surface area contributed by atoms with Gasteiger partial charge in [0.1, 0.15) is 6.04 Å². The summed E-state index contributed by atoms with van der Waals surface area (Å²) in [4.78, 5) is 53.6. The lowest BCUT2D eigenvalue weighted by atomic mass is 9.80. The molecule has 0 saturated carbocycles. The van der Waals surface area contributed by atoms with Crippen LogP contribution in [0.15, 0.2) is 18.2 Å². The zero-order valence-corrected chi connectivity index (χ0v) is 19.0. The number of carbonyl (C=O) groups excluding carboxylic acids is 4. The van der Waals surface area contributed by atoms with Gasteiger partial charge in [-0.2, -0.15) is 0 Å². The highest BCUT2D eigenvalue weighted by atomic mass is 16.2. The minimum Gasteiger partial charge on any atom is -0.317 e. The number of fused-ring (bicyclic) bond motifs is 1. The van der Waals surface area contributed by atoms with Crippen LogP contribution in [0.5, 0.6) is 0 Å². The molecule has 5 rings (SSSR count). The molecule has 0 aromatic heterocycles. The molecule has 0 aliphatic carbocycles. The molecule has 4 aliphatic heterocycles. The number of hydrogen-bond donors (Lipinski definition) is 2. The molecule has 0 radical (unpaired) electrons. The SMILES string of the molecule is O=C1CCC(N2C(=O)c3cccc(CN4CCC(C5CCCNCC5)CC4)c3C2=O)C(=O)N1. The summed E-state index contributed by atoms with van der Waals surface area (Å²) >= 11 is 0. The van der Waals surface area contributed by atoms with Crippen molar-refractivity contribution in [1.29, 1.82) is 0 Å². The van der Waals surface area contributed by atoms with Gasteiger partial charge in [0.2, 0.25) is 11.8 Å². The number of nitrogens with one attached hydrogen (secondary N) is 2. The first-order valence-corrected chi connectivity index (χ1v) is 12.3. The van der Waals surface area contributed by atoms with Crippen LogP contribution in [0, 0.1) is 11.8 Å². The highest BCUT2D eigenvalue weighted by Crippen LogP contribution is 2.34. The number of imide groups is 2. The molecule has 0 bridgehead atoms. The minimum absolute atomic E-state index is 0.128. The lowest BCUT2D eigenvalue weighted by Crippen LogP contribution is -2.54. The molecule has 33 heavy (non-hydrogen) atoms. The second kappa shape index (κ2) is 9.35. The summed E-state index contributed by atoms with van der Waals surface area (Å²) in [5.74, 6) is -0.207. The van der Waals surface area contributed by atoms with Crippen LogP contribution in [0.1, 0.15) is 71.2 Å². The molecule has 8 heteroatoms. The molecule has 0 spiro atoms. The molecule has 176 valence electrons. The van der Waals surface area contributed by atoms with E-state index >= 15 is 0 Å². The van der Waals surface area contributed by atoms with Crippen molar-refractivity contribution in [2.75, 3.05) is 26.2 Å². The highest BCUT2D eigenvalue weighted by molar-refractivity contribution is 6.24. The van der Waals surface area contributed by atoms with Crippen LogP contribution in [-0.2, 0) is 16.1 Å². The van der Waals surface area contributed by atoms with Crippen molar-refractivity contribution in [3.63, 3.8) is 0 Å². The Morgan fingerprint density at radius 2 is 1.67 bits per heavy atom. The first kappa shape index (κ1) is 22.2. The van der Waals surface area contributed by atoms with Crippen molar-refractivity contribution in [2.45, 2.75) is 57.5 Å². The monoisotopic (exact) mass is 452 g/mol. The maximum absolute atomic E-state index is 13.3. The number of rotatable bonds is 4. The quantitative estimate of drug-likeness (QED) is 0.675. The Bertz CT molecular complexity index is 961. The number of amides is 4. The lowest BCUT2D eigenvalue weighted by Gasteiger charge is -2.36. The Hall–Kier alpha value is -2.58. The number of carbonyl (C=O) groups is 4. The van der Waals surface area contributed by atoms with Crippen molar-refractivity contribution in [2.24, 2.45) is 11.8 Å². The molecule has 4 heterocycles. The van der Waals surface area contributed by atoms with E-state index in [2.05, 4.69) is 15.5 Å². The molecule has 8 nitrogen and oxygen atoms in total. The Labute approximate surface area is 194 Å². The van der Waals surface area contributed by atoms with Crippen molar-refractivity contribution in [1.82, 2.24) is 20.4 Å². The maximum Gasteiger partial charge on any atom is 0.262 e. The van der Waals surface area contributed by atoms with Crippen molar-refractivity contribution < 1.29 is 19.2 Å². The zero-order valence-electron chi connectivity index (χ0n) is 19.0. The normalized spacial score (nSPS) is 27.5. The average molecular weight is 453 g/mol. The van der Waals surface area contributed by atoms with E-state index in [1.807, 2.05) is 12.1 Å². The zero-order chi connectivity index (χ0) is 22.9. The van der Waals surface area contributed by atoms with Gasteiger partial charge in [-0.05, 0) is 88.2 Å². The largest absolute Gasteiger partial charge is 0.317 e. The van der Waals surface area contributed by atoms with E-state index in [0.717, 1.165) is 48.5 Å². The third-order valence-electron chi connectivity index (χ3n) is 7.87. The predicted molar refractivity (Wildman–Crippen MR) is 121 cm³/mol. The molecule has 2 atom stereocenters. The topological polar surface area (TPSA) is 98.8 Å². The van der Waals surface area contributed by atoms with Crippen molar-refractivity contribution in [3.05, 3.63) is 34.9 Å². The van der Waals surface area contributed by atoms with Crippen LogP contribution in [0.25, 0.3) is 0 Å². The van der Waals surface area contributed by atoms with Crippen LogP contribution in [0.2, 0.25) is 0 Å². The summed E-state index contributed by atoms with van der Waals surface area (Å²) in [7, 11) is 0. The van der Waals surface area contributed by atoms with E-state index in [4.69, 9.17) is 0 Å². The van der Waals surface area contributed by atoms with Gasteiger partial charge in [0, 0.05) is 13.0 Å². The van der Waals surface area contributed by atoms with Crippen LogP contribution in [-0.4, -0.2) is 65.6 Å². The van der Waals surface area contributed by atoms with Gasteiger partial charge < -0.3 is 5.32 Å². The first-order valence-electron chi connectivity index (χ1n) is 12.3. The van der Waals surface area contributed by atoms with Gasteiger partial charge in [-0.25, -0.2) is 0 Å². The van der Waals surface area contributed by atoms with E-state index in [-0.39, 0.29) is 18.7 Å². The van der Waals surface area contributed by atoms with E-state index in [9.17, 15) is 19.2 Å². The molecule has 4 amide bonds. The fraction of sp³-hybridized carbons (Fsp3) is 0.600. The molecular weight excluding hydrogens is 420 g/mol. The van der Waals surface area contributed by atoms with Crippen molar-refractivity contribution >= 4 is 23.6 Å². The Balaban J connectivity index is 1.27. The fourth-order valence-electron chi connectivity index (χ4n) is 6.06. The second-order valence-corrected chi connectivity index (χ2v) is 9.84. The summed E-state index contributed by atoms with van der Waals surface area (Å²) in [5.41, 5.74) is 1.63. The minimum atomic E-state index is -0.923. The number of likely N-dealkylation sites (tertiary alicyclic amines) is 1. The predicted octanol–water partition coefficient (Wildman–Crippen LogP) is 1.69. The summed E-state index contributed by atoms with van der Waals surface area (Å²) < 4.78 is 0. The van der Waals surface area contributed by atoms with Gasteiger partial charge in [-0.1, -0.05) is 12.1 Å². The van der Waals surface area contributed by atoms with E-state index < -0.39 is 23.8 Å². The molecular formula is C25H32N4O4. The summed E-state index contributed by atoms with van der Waals surface area (Å²) in [6, 6.07) is 4.48. The highest BCUT2D eigenvalue weighted by Gasteiger charge is 2.45. The number of hydrogen-bond acceptors (Lipinski definition) is 6. The molecule has 2 unspecified atom stereocenters. The summed E-state index contributed by atoms with van der Waals surface area (Å²) in [5, 5.41) is 5.76. The van der Waals surface area contributed by atoms with Gasteiger partial charge in [-0.3, -0.25) is 34.3 Å². The van der Waals surface area contributed by atoms with Gasteiger partial charge in [-0.15, -0.1) is 0 Å². The molecule has 3 saturated heterocycles. The smallest absolute Gasteiger partial charge is 0.262 e. The lowest BCUT2D eigenvalue weighted by molar-refractivity contribution is -0.136. The summed E-state index contributed by atoms with van der Waals surface area (Å²) in [6.07, 6.45) is 6.50. The van der Waals surface area contributed by atoms with Gasteiger partial charge >= 0.3 is 0 Å². The fourth-order valence-corrected chi connectivity index (χ4v) is 6.06. The third kappa shape index (κ3) is 4.34. The van der Waals surface area contributed by atoms with Crippen LogP contribution in [0.3, 0.4) is 0 Å². The van der Waals surface area contributed by atoms with Crippen LogP contribution >= 0.6 is 0 Å². The third-order valence-corrected chi connectivity index (χ3v) is 7.87. The molecule has 3 fully saturated rings. The second-order valence-electron chi connectivity index (χ2n) is 9.84. The van der Waals surface area contributed by atoms with E-state index in [1.54, 1.807) is 6.07 Å². The Kier molecular flexibility index (Phi) is 6.29. The van der Waals surface area contributed by atoms with Gasteiger partial charge in [0.25, 0.3) is 11.8 Å². The van der Waals surface area contributed by atoms with E-state index in [0.29, 0.717) is 17.7 Å². The van der Waals surface area contributed by atoms with E-state index in [1.165, 1.54) is 32.1 Å². The van der Waals surface area contributed by atoms with Crippen LogP contribution < -0.4 is 10.6 Å².